The normalized spacial score (nSPS) is 15.5. The average Bonchev–Trinajstić information content (AvgIpc) is 2.70. The minimum atomic E-state index is 0.356. The number of allylic oxidation sites excluding steroid dienone is 2. The summed E-state index contributed by atoms with van der Waals surface area (Å²) in [5, 5.41) is 0. The molecule has 1 rings (SSSR count). The second-order valence-electron chi connectivity index (χ2n) is 4.72. The van der Waals surface area contributed by atoms with Gasteiger partial charge in [0.1, 0.15) is 0 Å². The van der Waals surface area contributed by atoms with E-state index in [1.54, 1.807) is 0 Å². The van der Waals surface area contributed by atoms with Crippen molar-refractivity contribution in [2.75, 3.05) is 13.1 Å². The van der Waals surface area contributed by atoms with Gasteiger partial charge in [0.2, 0.25) is 5.91 Å². The quantitative estimate of drug-likeness (QED) is 0.651. The Morgan fingerprint density at radius 2 is 1.67 bits per heavy atom. The van der Waals surface area contributed by atoms with Crippen LogP contribution in [-0.2, 0) is 4.79 Å². The maximum Gasteiger partial charge on any atom is 0.222 e. The van der Waals surface area contributed by atoms with E-state index in [4.69, 9.17) is 0 Å². The van der Waals surface area contributed by atoms with Crippen molar-refractivity contribution in [3.05, 3.63) is 11.1 Å². The van der Waals surface area contributed by atoms with E-state index in [0.29, 0.717) is 5.91 Å². The zero-order chi connectivity index (χ0) is 11.3. The SMILES string of the molecule is CC(C)=C(C)CCCC(=O)N1CCCC1. The van der Waals surface area contributed by atoms with E-state index in [9.17, 15) is 4.79 Å². The van der Waals surface area contributed by atoms with Crippen molar-refractivity contribution < 1.29 is 4.79 Å². The van der Waals surface area contributed by atoms with E-state index in [1.165, 1.54) is 24.0 Å². The highest BCUT2D eigenvalue weighted by Gasteiger charge is 2.16. The predicted molar refractivity (Wildman–Crippen MR) is 63.7 cm³/mol. The Bertz CT molecular complexity index is 245. The van der Waals surface area contributed by atoms with E-state index in [2.05, 4.69) is 20.8 Å². The molecular weight excluding hydrogens is 186 g/mol. The second kappa shape index (κ2) is 5.94. The molecule has 1 saturated heterocycles. The number of hydrogen-bond acceptors (Lipinski definition) is 1. The smallest absolute Gasteiger partial charge is 0.222 e. The summed E-state index contributed by atoms with van der Waals surface area (Å²) in [7, 11) is 0. The summed E-state index contributed by atoms with van der Waals surface area (Å²) in [6.07, 6.45) is 5.19. The highest BCUT2D eigenvalue weighted by atomic mass is 16.2. The average molecular weight is 209 g/mol. The first-order chi connectivity index (χ1) is 7.11. The maximum absolute atomic E-state index is 11.7. The minimum absolute atomic E-state index is 0.356. The van der Waals surface area contributed by atoms with Gasteiger partial charge in [-0.05, 0) is 46.5 Å². The Balaban J connectivity index is 2.20. The lowest BCUT2D eigenvalue weighted by molar-refractivity contribution is -0.130. The first kappa shape index (κ1) is 12.3. The summed E-state index contributed by atoms with van der Waals surface area (Å²) in [4.78, 5) is 13.7. The van der Waals surface area contributed by atoms with Crippen molar-refractivity contribution in [3.63, 3.8) is 0 Å². The third kappa shape index (κ3) is 4.06. The number of carbonyl (C=O) groups excluding carboxylic acids is 1. The van der Waals surface area contributed by atoms with Gasteiger partial charge in [-0.15, -0.1) is 0 Å². The van der Waals surface area contributed by atoms with E-state index in [0.717, 1.165) is 32.4 Å². The molecule has 1 heterocycles. The molecule has 1 fully saturated rings. The first-order valence-electron chi connectivity index (χ1n) is 6.02. The Morgan fingerprint density at radius 3 is 2.20 bits per heavy atom. The van der Waals surface area contributed by atoms with E-state index >= 15 is 0 Å². The molecule has 0 radical (unpaired) electrons. The minimum Gasteiger partial charge on any atom is -0.343 e. The van der Waals surface area contributed by atoms with E-state index < -0.39 is 0 Å². The van der Waals surface area contributed by atoms with Crippen LogP contribution in [-0.4, -0.2) is 23.9 Å². The van der Waals surface area contributed by atoms with Gasteiger partial charge in [-0.25, -0.2) is 0 Å². The molecular formula is C13H23NO. The van der Waals surface area contributed by atoms with Gasteiger partial charge < -0.3 is 4.90 Å². The Morgan fingerprint density at radius 1 is 1.07 bits per heavy atom. The monoisotopic (exact) mass is 209 g/mol. The number of hydrogen-bond donors (Lipinski definition) is 0. The highest BCUT2D eigenvalue weighted by molar-refractivity contribution is 5.76. The van der Waals surface area contributed by atoms with E-state index in [-0.39, 0.29) is 0 Å². The molecule has 1 aliphatic rings. The lowest BCUT2D eigenvalue weighted by Crippen LogP contribution is -2.27. The Kier molecular flexibility index (Phi) is 4.86. The summed E-state index contributed by atoms with van der Waals surface area (Å²) < 4.78 is 0. The second-order valence-corrected chi connectivity index (χ2v) is 4.72. The molecule has 0 saturated carbocycles. The van der Waals surface area contributed by atoms with Gasteiger partial charge in [0, 0.05) is 19.5 Å². The van der Waals surface area contributed by atoms with Gasteiger partial charge in [-0.1, -0.05) is 11.1 Å². The zero-order valence-corrected chi connectivity index (χ0v) is 10.3. The van der Waals surface area contributed by atoms with Crippen LogP contribution in [0.5, 0.6) is 0 Å². The third-order valence-corrected chi connectivity index (χ3v) is 3.25. The van der Waals surface area contributed by atoms with Gasteiger partial charge in [-0.3, -0.25) is 4.79 Å². The topological polar surface area (TPSA) is 20.3 Å². The molecule has 0 bridgehead atoms. The van der Waals surface area contributed by atoms with Gasteiger partial charge in [-0.2, -0.15) is 0 Å². The summed E-state index contributed by atoms with van der Waals surface area (Å²) in [5.74, 6) is 0.356. The van der Waals surface area contributed by atoms with Crippen LogP contribution in [0.3, 0.4) is 0 Å². The van der Waals surface area contributed by atoms with Gasteiger partial charge in [0.25, 0.3) is 0 Å². The van der Waals surface area contributed by atoms with Crippen molar-refractivity contribution in [2.45, 2.75) is 52.9 Å². The van der Waals surface area contributed by atoms with Crippen LogP contribution in [0.15, 0.2) is 11.1 Å². The number of likely N-dealkylation sites (tertiary alicyclic amines) is 1. The van der Waals surface area contributed by atoms with Crippen LogP contribution < -0.4 is 0 Å². The third-order valence-electron chi connectivity index (χ3n) is 3.25. The standard InChI is InChI=1S/C13H23NO/c1-11(2)12(3)7-6-8-13(15)14-9-4-5-10-14/h4-10H2,1-3H3. The summed E-state index contributed by atoms with van der Waals surface area (Å²) in [6.45, 7) is 8.41. The molecule has 0 unspecified atom stereocenters. The first-order valence-corrected chi connectivity index (χ1v) is 6.02. The Hall–Kier alpha value is -0.790. The van der Waals surface area contributed by atoms with Crippen LogP contribution in [0.4, 0.5) is 0 Å². The van der Waals surface area contributed by atoms with Crippen LogP contribution in [0.25, 0.3) is 0 Å². The van der Waals surface area contributed by atoms with Crippen LogP contribution in [0.1, 0.15) is 52.9 Å². The van der Waals surface area contributed by atoms with Gasteiger partial charge in [0.15, 0.2) is 0 Å². The molecule has 1 amide bonds. The molecule has 0 aromatic heterocycles. The fourth-order valence-corrected chi connectivity index (χ4v) is 1.88. The molecule has 1 aliphatic heterocycles. The number of amides is 1. The largest absolute Gasteiger partial charge is 0.343 e. The molecule has 86 valence electrons. The summed E-state index contributed by atoms with van der Waals surface area (Å²) in [6, 6.07) is 0. The number of carbonyl (C=O) groups is 1. The molecule has 0 atom stereocenters. The highest BCUT2D eigenvalue weighted by Crippen LogP contribution is 2.14. The zero-order valence-electron chi connectivity index (χ0n) is 10.3. The molecule has 0 N–H and O–H groups in total. The molecule has 2 nitrogen and oxygen atoms in total. The maximum atomic E-state index is 11.7. The van der Waals surface area contributed by atoms with Crippen molar-refractivity contribution in [1.29, 1.82) is 0 Å². The fourth-order valence-electron chi connectivity index (χ4n) is 1.88. The molecule has 0 aromatic rings. The molecule has 2 heteroatoms. The molecule has 0 spiro atoms. The van der Waals surface area contributed by atoms with Crippen molar-refractivity contribution in [1.82, 2.24) is 4.90 Å². The van der Waals surface area contributed by atoms with Crippen LogP contribution in [0.2, 0.25) is 0 Å². The molecule has 0 aliphatic carbocycles. The van der Waals surface area contributed by atoms with Crippen LogP contribution in [0, 0.1) is 0 Å². The van der Waals surface area contributed by atoms with Gasteiger partial charge >= 0.3 is 0 Å². The van der Waals surface area contributed by atoms with Crippen molar-refractivity contribution in [3.8, 4) is 0 Å². The van der Waals surface area contributed by atoms with E-state index in [1.807, 2.05) is 4.90 Å². The van der Waals surface area contributed by atoms with Crippen molar-refractivity contribution in [2.24, 2.45) is 0 Å². The lowest BCUT2D eigenvalue weighted by atomic mass is 10.1. The molecule has 0 aromatic carbocycles. The van der Waals surface area contributed by atoms with Gasteiger partial charge in [0.05, 0.1) is 0 Å². The number of nitrogens with zero attached hydrogens (tertiary/aromatic N) is 1. The fraction of sp³-hybridized carbons (Fsp3) is 0.769. The van der Waals surface area contributed by atoms with Crippen molar-refractivity contribution >= 4 is 5.91 Å². The lowest BCUT2D eigenvalue weighted by Gasteiger charge is -2.15. The summed E-state index contributed by atoms with van der Waals surface area (Å²) in [5.41, 5.74) is 2.83. The summed E-state index contributed by atoms with van der Waals surface area (Å²) >= 11 is 0. The van der Waals surface area contributed by atoms with Crippen LogP contribution >= 0.6 is 0 Å². The number of rotatable bonds is 4. The molecule has 15 heavy (non-hydrogen) atoms. The predicted octanol–water partition coefficient (Wildman–Crippen LogP) is 3.14. The Labute approximate surface area is 93.3 Å².